The molecular weight excluding hydrogens is 188 g/mol. The van der Waals surface area contributed by atoms with E-state index in [2.05, 4.69) is 16.1 Å². The Hall–Kier alpha value is -1.36. The van der Waals surface area contributed by atoms with Gasteiger partial charge in [0.15, 0.2) is 0 Å². The Morgan fingerprint density at radius 1 is 1.29 bits per heavy atom. The average Bonchev–Trinajstić information content (AvgIpc) is 2.02. The first-order valence-corrected chi connectivity index (χ1v) is 4.09. The number of carbonyl (C=O) groups excluding carboxylic acids is 2. The summed E-state index contributed by atoms with van der Waals surface area (Å²) >= 11 is 0. The molecule has 0 amide bonds. The summed E-state index contributed by atoms with van der Waals surface area (Å²) in [5.41, 5.74) is 0. The Bertz CT molecular complexity index is 195. The number of hydrogen-bond donors (Lipinski definition) is 0. The number of ether oxygens (including phenoxy) is 3. The molecule has 0 saturated heterocycles. The second-order valence-electron chi connectivity index (χ2n) is 2.47. The quantitative estimate of drug-likeness (QED) is 0.274. The standard InChI is InChI=1S/C9H14O5/c1-4-5-12-6-9(13-7(2)10)14-8(3)11/h4,9H,1,5-6H2,2-3H3. The SMILES string of the molecule is C=CCOCC(OC(C)=O)OC(C)=O. The van der Waals surface area contributed by atoms with E-state index >= 15 is 0 Å². The third-order valence-electron chi connectivity index (χ3n) is 1.08. The number of carbonyl (C=O) groups is 2. The zero-order chi connectivity index (χ0) is 11.0. The van der Waals surface area contributed by atoms with Crippen LogP contribution in [0.4, 0.5) is 0 Å². The van der Waals surface area contributed by atoms with Crippen molar-refractivity contribution in [2.45, 2.75) is 20.1 Å². The first-order valence-electron chi connectivity index (χ1n) is 4.09. The average molecular weight is 202 g/mol. The summed E-state index contributed by atoms with van der Waals surface area (Å²) in [5.74, 6) is -1.06. The van der Waals surface area contributed by atoms with Gasteiger partial charge in [-0.05, 0) is 0 Å². The molecule has 0 aromatic rings. The van der Waals surface area contributed by atoms with Crippen molar-refractivity contribution in [3.63, 3.8) is 0 Å². The third kappa shape index (κ3) is 7.30. The van der Waals surface area contributed by atoms with Gasteiger partial charge < -0.3 is 14.2 Å². The van der Waals surface area contributed by atoms with Crippen molar-refractivity contribution < 1.29 is 23.8 Å². The highest BCUT2D eigenvalue weighted by Crippen LogP contribution is 1.97. The van der Waals surface area contributed by atoms with Crippen molar-refractivity contribution in [1.29, 1.82) is 0 Å². The number of hydrogen-bond acceptors (Lipinski definition) is 5. The second kappa shape index (κ2) is 7.08. The molecule has 80 valence electrons. The number of esters is 2. The fraction of sp³-hybridized carbons (Fsp3) is 0.556. The minimum Gasteiger partial charge on any atom is -0.423 e. The lowest BCUT2D eigenvalue weighted by molar-refractivity contribution is -0.193. The lowest BCUT2D eigenvalue weighted by Gasteiger charge is -2.15. The van der Waals surface area contributed by atoms with Gasteiger partial charge in [-0.1, -0.05) is 6.08 Å². The molecule has 0 N–H and O–H groups in total. The maximum Gasteiger partial charge on any atom is 0.305 e. The number of rotatable bonds is 6. The van der Waals surface area contributed by atoms with E-state index in [0.29, 0.717) is 6.61 Å². The van der Waals surface area contributed by atoms with Crippen molar-refractivity contribution in [3.8, 4) is 0 Å². The summed E-state index contributed by atoms with van der Waals surface area (Å²) in [6.45, 7) is 6.20. The second-order valence-corrected chi connectivity index (χ2v) is 2.47. The molecule has 0 aromatic heterocycles. The van der Waals surface area contributed by atoms with Gasteiger partial charge in [0.05, 0.1) is 6.61 Å². The van der Waals surface area contributed by atoms with Gasteiger partial charge in [0.25, 0.3) is 6.29 Å². The van der Waals surface area contributed by atoms with Crippen LogP contribution in [-0.2, 0) is 23.8 Å². The minimum absolute atomic E-state index is 0.00514. The first kappa shape index (κ1) is 12.6. The van der Waals surface area contributed by atoms with Gasteiger partial charge in [0.1, 0.15) is 6.61 Å². The molecule has 0 spiro atoms. The zero-order valence-corrected chi connectivity index (χ0v) is 8.32. The van der Waals surface area contributed by atoms with Gasteiger partial charge >= 0.3 is 11.9 Å². The molecule has 0 radical (unpaired) electrons. The summed E-state index contributed by atoms with van der Waals surface area (Å²) in [7, 11) is 0. The molecule has 0 atom stereocenters. The molecule has 0 heterocycles. The Morgan fingerprint density at radius 2 is 1.79 bits per heavy atom. The Kier molecular flexibility index (Phi) is 6.39. The van der Waals surface area contributed by atoms with E-state index in [4.69, 9.17) is 4.74 Å². The summed E-state index contributed by atoms with van der Waals surface area (Å²) < 4.78 is 14.3. The van der Waals surface area contributed by atoms with Crippen LogP contribution in [-0.4, -0.2) is 31.4 Å². The van der Waals surface area contributed by atoms with Gasteiger partial charge in [-0.15, -0.1) is 6.58 Å². The van der Waals surface area contributed by atoms with Gasteiger partial charge in [0.2, 0.25) is 0 Å². The minimum atomic E-state index is -0.982. The van der Waals surface area contributed by atoms with Crippen LogP contribution in [0.2, 0.25) is 0 Å². The largest absolute Gasteiger partial charge is 0.423 e. The van der Waals surface area contributed by atoms with Gasteiger partial charge in [0, 0.05) is 13.8 Å². The van der Waals surface area contributed by atoms with E-state index in [1.807, 2.05) is 0 Å². The lowest BCUT2D eigenvalue weighted by Crippen LogP contribution is -2.27. The lowest BCUT2D eigenvalue weighted by atomic mass is 10.6. The molecule has 14 heavy (non-hydrogen) atoms. The predicted octanol–water partition coefficient (Wildman–Crippen LogP) is 0.641. The first-order chi connectivity index (χ1) is 6.56. The maximum atomic E-state index is 10.6. The van der Waals surface area contributed by atoms with Crippen LogP contribution in [0.25, 0.3) is 0 Å². The van der Waals surface area contributed by atoms with E-state index in [1.54, 1.807) is 6.08 Å². The summed E-state index contributed by atoms with van der Waals surface area (Å²) in [6.07, 6.45) is 0.559. The maximum absolute atomic E-state index is 10.6. The van der Waals surface area contributed by atoms with Crippen molar-refractivity contribution in [2.24, 2.45) is 0 Å². The van der Waals surface area contributed by atoms with E-state index in [1.165, 1.54) is 13.8 Å². The van der Waals surface area contributed by atoms with Gasteiger partial charge in [-0.25, -0.2) is 0 Å². The Labute approximate surface area is 82.6 Å². The van der Waals surface area contributed by atoms with E-state index < -0.39 is 18.2 Å². The molecule has 5 heteroatoms. The van der Waals surface area contributed by atoms with Crippen LogP contribution in [0.1, 0.15) is 13.8 Å². The fourth-order valence-corrected chi connectivity index (χ4v) is 0.710. The third-order valence-corrected chi connectivity index (χ3v) is 1.08. The molecular formula is C9H14O5. The Balaban J connectivity index is 3.89. The molecule has 0 rings (SSSR count). The molecule has 0 saturated carbocycles. The highest BCUT2D eigenvalue weighted by Gasteiger charge is 2.14. The van der Waals surface area contributed by atoms with Gasteiger partial charge in [-0.3, -0.25) is 9.59 Å². The highest BCUT2D eigenvalue weighted by atomic mass is 16.7. The monoisotopic (exact) mass is 202 g/mol. The van der Waals surface area contributed by atoms with Gasteiger partial charge in [-0.2, -0.15) is 0 Å². The molecule has 0 unspecified atom stereocenters. The van der Waals surface area contributed by atoms with Crippen molar-refractivity contribution in [1.82, 2.24) is 0 Å². The molecule has 0 bridgehead atoms. The van der Waals surface area contributed by atoms with E-state index in [9.17, 15) is 9.59 Å². The van der Waals surface area contributed by atoms with Crippen LogP contribution in [0.15, 0.2) is 12.7 Å². The van der Waals surface area contributed by atoms with Crippen LogP contribution >= 0.6 is 0 Å². The van der Waals surface area contributed by atoms with Crippen molar-refractivity contribution in [3.05, 3.63) is 12.7 Å². The van der Waals surface area contributed by atoms with Crippen LogP contribution in [0, 0.1) is 0 Å². The van der Waals surface area contributed by atoms with Crippen LogP contribution in [0.3, 0.4) is 0 Å². The Morgan fingerprint density at radius 3 is 2.14 bits per heavy atom. The van der Waals surface area contributed by atoms with E-state index in [-0.39, 0.29) is 6.61 Å². The van der Waals surface area contributed by atoms with Crippen molar-refractivity contribution in [2.75, 3.05) is 13.2 Å². The summed E-state index contributed by atoms with van der Waals surface area (Å²) in [4.78, 5) is 21.2. The fourth-order valence-electron chi connectivity index (χ4n) is 0.710. The molecule has 0 aromatic carbocycles. The summed E-state index contributed by atoms with van der Waals surface area (Å²) in [6, 6.07) is 0. The highest BCUT2D eigenvalue weighted by molar-refractivity contribution is 5.68. The molecule has 0 aliphatic rings. The molecule has 5 nitrogen and oxygen atoms in total. The predicted molar refractivity (Wildman–Crippen MR) is 48.3 cm³/mol. The molecule has 0 aliphatic carbocycles. The topological polar surface area (TPSA) is 61.8 Å². The van der Waals surface area contributed by atoms with Crippen LogP contribution < -0.4 is 0 Å². The van der Waals surface area contributed by atoms with E-state index in [0.717, 1.165) is 0 Å². The molecule has 0 aliphatic heterocycles. The smallest absolute Gasteiger partial charge is 0.305 e. The van der Waals surface area contributed by atoms with Crippen LogP contribution in [0.5, 0.6) is 0 Å². The zero-order valence-electron chi connectivity index (χ0n) is 8.32. The molecule has 0 fully saturated rings. The normalized spacial score (nSPS) is 9.64. The van der Waals surface area contributed by atoms with Crippen molar-refractivity contribution >= 4 is 11.9 Å². The summed E-state index contributed by atoms with van der Waals surface area (Å²) in [5, 5.41) is 0.